The van der Waals surface area contributed by atoms with Crippen molar-refractivity contribution in [2.75, 3.05) is 38.2 Å². The number of ether oxygens (including phenoxy) is 1. The number of alkyl halides is 1. The summed E-state index contributed by atoms with van der Waals surface area (Å²) in [5.74, 6) is 0.0470. The third-order valence-electron chi connectivity index (χ3n) is 2.16. The summed E-state index contributed by atoms with van der Waals surface area (Å²) < 4.78 is 5.25. The van der Waals surface area contributed by atoms with Gasteiger partial charge in [-0.15, -0.1) is 0 Å². The molecule has 14 heavy (non-hydrogen) atoms. The quantitative estimate of drug-likeness (QED) is 0.739. The van der Waals surface area contributed by atoms with Gasteiger partial charge in [-0.05, 0) is 6.92 Å². The van der Waals surface area contributed by atoms with Crippen LogP contribution in [0.5, 0.6) is 0 Å². The van der Waals surface area contributed by atoms with Crippen molar-refractivity contribution in [1.82, 2.24) is 10.2 Å². The first-order valence-electron chi connectivity index (χ1n) is 4.88. The highest BCUT2D eigenvalue weighted by atomic mass is 79.9. The molecular weight excluding hydrogens is 248 g/mol. The number of halogens is 1. The highest BCUT2D eigenvalue weighted by Gasteiger charge is 2.14. The van der Waals surface area contributed by atoms with Crippen LogP contribution in [0, 0.1) is 0 Å². The van der Waals surface area contributed by atoms with Crippen molar-refractivity contribution in [3.63, 3.8) is 0 Å². The second kappa shape index (κ2) is 6.37. The Morgan fingerprint density at radius 2 is 2.21 bits per heavy atom. The van der Waals surface area contributed by atoms with Crippen LogP contribution in [0.25, 0.3) is 0 Å². The molecule has 1 unspecified atom stereocenters. The minimum absolute atomic E-state index is 0.0470. The monoisotopic (exact) mass is 264 g/mol. The van der Waals surface area contributed by atoms with Crippen LogP contribution in [-0.2, 0) is 9.53 Å². The maximum Gasteiger partial charge on any atom is 0.230 e. The third kappa shape index (κ3) is 4.39. The third-order valence-corrected chi connectivity index (χ3v) is 2.67. The van der Waals surface area contributed by atoms with Crippen molar-refractivity contribution in [2.24, 2.45) is 0 Å². The Bertz CT molecular complexity index is 184. The zero-order valence-corrected chi connectivity index (χ0v) is 10.0. The predicted octanol–water partition coefficient (Wildman–Crippen LogP) is 0.218. The molecule has 0 aromatic heterocycles. The van der Waals surface area contributed by atoms with Crippen LogP contribution in [0.15, 0.2) is 0 Å². The smallest absolute Gasteiger partial charge is 0.230 e. The van der Waals surface area contributed by atoms with E-state index in [-0.39, 0.29) is 11.9 Å². The van der Waals surface area contributed by atoms with Crippen LogP contribution in [0.3, 0.4) is 0 Å². The van der Waals surface area contributed by atoms with Gasteiger partial charge in [0.2, 0.25) is 5.91 Å². The molecule has 0 aliphatic carbocycles. The van der Waals surface area contributed by atoms with Gasteiger partial charge in [0, 0.05) is 25.7 Å². The molecule has 1 atom stereocenters. The largest absolute Gasteiger partial charge is 0.379 e. The number of rotatable bonds is 4. The molecule has 5 heteroatoms. The van der Waals surface area contributed by atoms with Gasteiger partial charge in [0.05, 0.1) is 18.5 Å². The van der Waals surface area contributed by atoms with Gasteiger partial charge >= 0.3 is 0 Å². The first-order chi connectivity index (χ1) is 6.72. The summed E-state index contributed by atoms with van der Waals surface area (Å²) in [5, 5.41) is 3.28. The standard InChI is InChI=1S/C9H17BrN2O2/c1-8(11-9(13)6-10)7-12-2-4-14-5-3-12/h8H,2-7H2,1H3,(H,11,13). The van der Waals surface area contributed by atoms with Crippen molar-refractivity contribution in [3.05, 3.63) is 0 Å². The summed E-state index contributed by atoms with van der Waals surface area (Å²) in [4.78, 5) is 13.4. The van der Waals surface area contributed by atoms with Crippen molar-refractivity contribution >= 4 is 21.8 Å². The second-order valence-corrected chi connectivity index (χ2v) is 4.08. The molecule has 1 heterocycles. The Hall–Kier alpha value is -0.130. The average Bonchev–Trinajstić information content (AvgIpc) is 2.19. The highest BCUT2D eigenvalue weighted by Crippen LogP contribution is 1.98. The van der Waals surface area contributed by atoms with Crippen LogP contribution in [0.2, 0.25) is 0 Å². The van der Waals surface area contributed by atoms with E-state index in [4.69, 9.17) is 4.74 Å². The maximum absolute atomic E-state index is 11.1. The van der Waals surface area contributed by atoms with E-state index in [0.29, 0.717) is 5.33 Å². The molecule has 1 amide bonds. The van der Waals surface area contributed by atoms with Gasteiger partial charge in [-0.25, -0.2) is 0 Å². The van der Waals surface area contributed by atoms with Crippen molar-refractivity contribution in [1.29, 1.82) is 0 Å². The Morgan fingerprint density at radius 3 is 2.79 bits per heavy atom. The fraction of sp³-hybridized carbons (Fsp3) is 0.889. The summed E-state index contributed by atoms with van der Waals surface area (Å²) in [6.45, 7) is 6.47. The Balaban J connectivity index is 2.18. The van der Waals surface area contributed by atoms with Crippen molar-refractivity contribution in [3.8, 4) is 0 Å². The van der Waals surface area contributed by atoms with Gasteiger partial charge in [-0.1, -0.05) is 15.9 Å². The molecule has 0 bridgehead atoms. The fourth-order valence-electron chi connectivity index (χ4n) is 1.53. The number of amides is 1. The van der Waals surface area contributed by atoms with Crippen molar-refractivity contribution < 1.29 is 9.53 Å². The average molecular weight is 265 g/mol. The first-order valence-corrected chi connectivity index (χ1v) is 6.00. The molecule has 0 radical (unpaired) electrons. The van der Waals surface area contributed by atoms with Gasteiger partial charge < -0.3 is 10.1 Å². The summed E-state index contributed by atoms with van der Waals surface area (Å²) in [7, 11) is 0. The lowest BCUT2D eigenvalue weighted by Gasteiger charge is -2.29. The molecule has 1 saturated heterocycles. The topological polar surface area (TPSA) is 41.6 Å². The molecule has 1 N–H and O–H groups in total. The van der Waals surface area contributed by atoms with Crippen LogP contribution >= 0.6 is 15.9 Å². The Morgan fingerprint density at radius 1 is 1.57 bits per heavy atom. The van der Waals surface area contributed by atoms with Gasteiger partial charge in [0.1, 0.15) is 0 Å². The van der Waals surface area contributed by atoms with Crippen LogP contribution < -0.4 is 5.32 Å². The molecule has 1 aliphatic rings. The number of nitrogens with zero attached hydrogens (tertiary/aromatic N) is 1. The van der Waals surface area contributed by atoms with E-state index < -0.39 is 0 Å². The van der Waals surface area contributed by atoms with E-state index in [1.807, 2.05) is 6.92 Å². The number of carbonyl (C=O) groups is 1. The lowest BCUT2D eigenvalue weighted by atomic mass is 10.3. The van der Waals surface area contributed by atoms with Crippen LogP contribution in [-0.4, -0.2) is 55.0 Å². The highest BCUT2D eigenvalue weighted by molar-refractivity contribution is 9.09. The number of hydrogen-bond donors (Lipinski definition) is 1. The van der Waals surface area contributed by atoms with E-state index in [9.17, 15) is 4.79 Å². The van der Waals surface area contributed by atoms with Crippen molar-refractivity contribution in [2.45, 2.75) is 13.0 Å². The predicted molar refractivity (Wildman–Crippen MR) is 58.7 cm³/mol. The number of morpholine rings is 1. The van der Waals surface area contributed by atoms with E-state index in [1.165, 1.54) is 0 Å². The summed E-state index contributed by atoms with van der Waals surface area (Å²) >= 11 is 3.12. The van der Waals surface area contributed by atoms with E-state index in [1.54, 1.807) is 0 Å². The summed E-state index contributed by atoms with van der Waals surface area (Å²) in [5.41, 5.74) is 0. The normalized spacial score (nSPS) is 20.4. The SMILES string of the molecule is CC(CN1CCOCC1)NC(=O)CBr. The zero-order chi connectivity index (χ0) is 10.4. The molecule has 0 spiro atoms. The number of hydrogen-bond acceptors (Lipinski definition) is 3. The molecule has 1 aliphatic heterocycles. The molecular formula is C9H17BrN2O2. The van der Waals surface area contributed by atoms with E-state index in [0.717, 1.165) is 32.8 Å². The Kier molecular flexibility index (Phi) is 5.44. The molecule has 0 aromatic rings. The summed E-state index contributed by atoms with van der Waals surface area (Å²) in [6.07, 6.45) is 0. The van der Waals surface area contributed by atoms with Crippen LogP contribution in [0.1, 0.15) is 6.92 Å². The Labute approximate surface area is 93.1 Å². The van der Waals surface area contributed by atoms with Gasteiger partial charge in [0.15, 0.2) is 0 Å². The second-order valence-electron chi connectivity index (χ2n) is 3.52. The fourth-order valence-corrected chi connectivity index (χ4v) is 1.69. The number of nitrogens with one attached hydrogen (secondary N) is 1. The minimum atomic E-state index is 0.0470. The van der Waals surface area contributed by atoms with Gasteiger partial charge in [0.25, 0.3) is 0 Å². The number of carbonyl (C=O) groups excluding carboxylic acids is 1. The van der Waals surface area contributed by atoms with Crippen LogP contribution in [0.4, 0.5) is 0 Å². The molecule has 1 rings (SSSR count). The van der Waals surface area contributed by atoms with Gasteiger partial charge in [-0.2, -0.15) is 0 Å². The molecule has 0 saturated carbocycles. The minimum Gasteiger partial charge on any atom is -0.379 e. The van der Waals surface area contributed by atoms with E-state index >= 15 is 0 Å². The molecule has 4 nitrogen and oxygen atoms in total. The molecule has 1 fully saturated rings. The zero-order valence-electron chi connectivity index (χ0n) is 8.46. The first kappa shape index (κ1) is 11.9. The lowest BCUT2D eigenvalue weighted by molar-refractivity contribution is -0.119. The summed E-state index contributed by atoms with van der Waals surface area (Å²) in [6, 6.07) is 0.207. The molecule has 82 valence electrons. The van der Waals surface area contributed by atoms with E-state index in [2.05, 4.69) is 26.1 Å². The van der Waals surface area contributed by atoms with Gasteiger partial charge in [-0.3, -0.25) is 9.69 Å². The maximum atomic E-state index is 11.1. The molecule has 0 aromatic carbocycles. The lowest BCUT2D eigenvalue weighted by Crippen LogP contribution is -2.46.